The first kappa shape index (κ1) is 13.8. The van der Waals surface area contributed by atoms with Gasteiger partial charge in [-0.15, -0.1) is 0 Å². The Bertz CT molecular complexity index is 843. The Morgan fingerprint density at radius 3 is 2.61 bits per heavy atom. The van der Waals surface area contributed by atoms with Crippen molar-refractivity contribution < 1.29 is 19.8 Å². The second kappa shape index (κ2) is 4.84. The van der Waals surface area contributed by atoms with Crippen LogP contribution in [-0.4, -0.2) is 26.9 Å². The van der Waals surface area contributed by atoms with Crippen molar-refractivity contribution >= 4 is 11.8 Å². The predicted molar refractivity (Wildman–Crippen MR) is 82.4 cm³/mol. The molecule has 2 aromatic carbocycles. The molecular weight excluding hydrogens is 294 g/mol. The number of carbonyl (C=O) groups is 2. The Labute approximate surface area is 132 Å². The summed E-state index contributed by atoms with van der Waals surface area (Å²) in [5, 5.41) is 19.6. The molecule has 5 nitrogen and oxygen atoms in total. The van der Waals surface area contributed by atoms with E-state index in [1.165, 1.54) is 17.0 Å². The van der Waals surface area contributed by atoms with Gasteiger partial charge >= 0.3 is 0 Å². The maximum Gasteiger partial charge on any atom is 0.266 e. The predicted octanol–water partition coefficient (Wildman–Crippen LogP) is 2.77. The Hall–Kier alpha value is -2.82. The normalized spacial score (nSPS) is 19.7. The van der Waals surface area contributed by atoms with E-state index >= 15 is 0 Å². The molecule has 116 valence electrons. The second-order valence-corrected chi connectivity index (χ2v) is 5.94. The van der Waals surface area contributed by atoms with Crippen molar-refractivity contribution in [1.82, 2.24) is 4.90 Å². The molecule has 2 amide bonds. The number of rotatable bonds is 1. The quantitative estimate of drug-likeness (QED) is 0.627. The zero-order chi connectivity index (χ0) is 16.1. The molecule has 1 aliphatic carbocycles. The molecule has 1 heterocycles. The van der Waals surface area contributed by atoms with E-state index in [9.17, 15) is 19.8 Å². The number of aromatic hydroxyl groups is 2. The third kappa shape index (κ3) is 1.86. The maximum absolute atomic E-state index is 12.7. The van der Waals surface area contributed by atoms with E-state index in [-0.39, 0.29) is 17.2 Å². The number of hydrogen-bond donors (Lipinski definition) is 2. The van der Waals surface area contributed by atoms with Gasteiger partial charge in [0.2, 0.25) is 0 Å². The number of fused-ring (bicyclic) bond motifs is 2. The lowest BCUT2D eigenvalue weighted by atomic mass is 9.87. The maximum atomic E-state index is 12.7. The molecule has 23 heavy (non-hydrogen) atoms. The molecule has 2 aliphatic rings. The molecule has 5 heteroatoms. The molecule has 0 saturated carbocycles. The van der Waals surface area contributed by atoms with Gasteiger partial charge in [0.1, 0.15) is 0 Å². The van der Waals surface area contributed by atoms with Crippen molar-refractivity contribution in [3.63, 3.8) is 0 Å². The molecule has 0 saturated heterocycles. The van der Waals surface area contributed by atoms with Crippen molar-refractivity contribution in [2.45, 2.75) is 25.3 Å². The summed E-state index contributed by atoms with van der Waals surface area (Å²) in [7, 11) is 0. The minimum absolute atomic E-state index is 0.0990. The van der Waals surface area contributed by atoms with Gasteiger partial charge in [-0.3, -0.25) is 14.5 Å². The molecular formula is C18H15NO4. The molecule has 0 aromatic heterocycles. The highest BCUT2D eigenvalue weighted by Crippen LogP contribution is 2.42. The van der Waals surface area contributed by atoms with Gasteiger partial charge in [0.15, 0.2) is 11.5 Å². The van der Waals surface area contributed by atoms with E-state index in [0.29, 0.717) is 6.42 Å². The van der Waals surface area contributed by atoms with E-state index in [4.69, 9.17) is 0 Å². The van der Waals surface area contributed by atoms with Gasteiger partial charge in [-0.2, -0.15) is 0 Å². The van der Waals surface area contributed by atoms with Crippen LogP contribution < -0.4 is 0 Å². The number of phenolic OH excluding ortho intramolecular Hbond substituents is 2. The molecule has 0 unspecified atom stereocenters. The molecule has 0 spiro atoms. The van der Waals surface area contributed by atoms with Crippen molar-refractivity contribution in [2.24, 2.45) is 0 Å². The molecule has 0 bridgehead atoms. The largest absolute Gasteiger partial charge is 0.504 e. The van der Waals surface area contributed by atoms with Crippen LogP contribution in [0.2, 0.25) is 0 Å². The number of phenols is 2. The van der Waals surface area contributed by atoms with Gasteiger partial charge in [-0.1, -0.05) is 24.3 Å². The molecule has 1 atom stereocenters. The zero-order valence-corrected chi connectivity index (χ0v) is 12.3. The molecule has 2 N–H and O–H groups in total. The van der Waals surface area contributed by atoms with Crippen LogP contribution in [0, 0.1) is 0 Å². The summed E-state index contributed by atoms with van der Waals surface area (Å²) in [6.07, 6.45) is 2.53. The van der Waals surface area contributed by atoms with Crippen LogP contribution in [0.5, 0.6) is 11.5 Å². The first-order chi connectivity index (χ1) is 11.1. The number of imide groups is 1. The highest BCUT2D eigenvalue weighted by atomic mass is 16.3. The van der Waals surface area contributed by atoms with E-state index in [1.54, 1.807) is 0 Å². The van der Waals surface area contributed by atoms with Crippen LogP contribution in [0.15, 0.2) is 36.4 Å². The fourth-order valence-corrected chi connectivity index (χ4v) is 3.60. The van der Waals surface area contributed by atoms with Crippen LogP contribution in [0.1, 0.15) is 50.7 Å². The molecule has 4 rings (SSSR count). The number of hydrogen-bond acceptors (Lipinski definition) is 4. The topological polar surface area (TPSA) is 77.8 Å². The summed E-state index contributed by atoms with van der Waals surface area (Å²) in [5.74, 6) is -1.87. The highest BCUT2D eigenvalue weighted by Gasteiger charge is 2.43. The summed E-state index contributed by atoms with van der Waals surface area (Å²) in [6, 6.07) is 10.1. The summed E-state index contributed by atoms with van der Waals surface area (Å²) < 4.78 is 0. The number of benzene rings is 2. The van der Waals surface area contributed by atoms with Crippen LogP contribution >= 0.6 is 0 Å². The van der Waals surface area contributed by atoms with E-state index in [1.807, 2.05) is 24.3 Å². The van der Waals surface area contributed by atoms with Crippen molar-refractivity contribution in [1.29, 1.82) is 0 Å². The van der Waals surface area contributed by atoms with Crippen LogP contribution in [0.4, 0.5) is 0 Å². The Kier molecular flexibility index (Phi) is 2.91. The number of amides is 2. The molecule has 0 fully saturated rings. The average molecular weight is 309 g/mol. The van der Waals surface area contributed by atoms with Crippen LogP contribution in [-0.2, 0) is 6.42 Å². The molecule has 2 aromatic rings. The standard InChI is InChI=1S/C18H15NO4/c20-14-9-8-12-15(16(14)21)18(23)19(17(12)22)13-7-3-5-10-4-1-2-6-11(10)13/h1-2,4,6,8-9,13,20-21H,3,5,7H2/t13-/m1/s1. The van der Waals surface area contributed by atoms with E-state index in [2.05, 4.69) is 0 Å². The van der Waals surface area contributed by atoms with Gasteiger partial charge in [0.05, 0.1) is 17.2 Å². The van der Waals surface area contributed by atoms with E-state index in [0.717, 1.165) is 24.0 Å². The van der Waals surface area contributed by atoms with Gasteiger partial charge in [0, 0.05) is 0 Å². The monoisotopic (exact) mass is 309 g/mol. The fourth-order valence-electron chi connectivity index (χ4n) is 3.60. The number of nitrogens with zero attached hydrogens (tertiary/aromatic N) is 1. The molecule has 1 aliphatic heterocycles. The number of aryl methyl sites for hydroxylation is 1. The fraction of sp³-hybridized carbons (Fsp3) is 0.222. The van der Waals surface area contributed by atoms with Crippen LogP contribution in [0.3, 0.4) is 0 Å². The SMILES string of the molecule is O=C1c2ccc(O)c(O)c2C(=O)N1[C@@H]1CCCc2ccccc21. The first-order valence-electron chi connectivity index (χ1n) is 7.60. The second-order valence-electron chi connectivity index (χ2n) is 5.94. The average Bonchev–Trinajstić information content (AvgIpc) is 2.82. The molecule has 0 radical (unpaired) electrons. The first-order valence-corrected chi connectivity index (χ1v) is 7.60. The lowest BCUT2D eigenvalue weighted by molar-refractivity contribution is 0.0566. The number of carbonyl (C=O) groups excluding carboxylic acids is 2. The minimum atomic E-state index is -0.542. The minimum Gasteiger partial charge on any atom is -0.504 e. The van der Waals surface area contributed by atoms with Gasteiger partial charge in [-0.05, 0) is 42.5 Å². The third-order valence-corrected chi connectivity index (χ3v) is 4.69. The Morgan fingerprint density at radius 2 is 1.78 bits per heavy atom. The van der Waals surface area contributed by atoms with Gasteiger partial charge < -0.3 is 10.2 Å². The summed E-state index contributed by atoms with van der Waals surface area (Å²) in [4.78, 5) is 26.6. The summed E-state index contributed by atoms with van der Waals surface area (Å²) in [6.45, 7) is 0. The lowest BCUT2D eigenvalue weighted by Crippen LogP contribution is -2.35. The highest BCUT2D eigenvalue weighted by molar-refractivity contribution is 6.23. The third-order valence-electron chi connectivity index (χ3n) is 4.69. The van der Waals surface area contributed by atoms with Crippen molar-refractivity contribution in [3.8, 4) is 11.5 Å². The van der Waals surface area contributed by atoms with Crippen molar-refractivity contribution in [3.05, 3.63) is 58.7 Å². The van der Waals surface area contributed by atoms with E-state index < -0.39 is 23.3 Å². The zero-order valence-electron chi connectivity index (χ0n) is 12.3. The van der Waals surface area contributed by atoms with Gasteiger partial charge in [-0.25, -0.2) is 0 Å². The lowest BCUT2D eigenvalue weighted by Gasteiger charge is -2.31. The Morgan fingerprint density at radius 1 is 1.00 bits per heavy atom. The summed E-state index contributed by atoms with van der Waals surface area (Å²) >= 11 is 0. The summed E-state index contributed by atoms with van der Waals surface area (Å²) in [5.41, 5.74) is 2.18. The smallest absolute Gasteiger partial charge is 0.266 e. The Balaban J connectivity index is 1.83. The van der Waals surface area contributed by atoms with Crippen LogP contribution in [0.25, 0.3) is 0 Å². The van der Waals surface area contributed by atoms with Gasteiger partial charge in [0.25, 0.3) is 11.8 Å². The van der Waals surface area contributed by atoms with Crippen molar-refractivity contribution in [2.75, 3.05) is 0 Å².